The van der Waals surface area contributed by atoms with Crippen molar-refractivity contribution in [2.24, 2.45) is 4.99 Å². The van der Waals surface area contributed by atoms with Crippen molar-refractivity contribution in [1.29, 1.82) is 0 Å². The number of imidazole rings is 1. The van der Waals surface area contributed by atoms with E-state index in [1.165, 1.54) is 11.8 Å². The van der Waals surface area contributed by atoms with Crippen molar-refractivity contribution in [2.45, 2.75) is 6.92 Å². The highest BCUT2D eigenvalue weighted by atomic mass is 15.1. The van der Waals surface area contributed by atoms with Crippen molar-refractivity contribution in [3.05, 3.63) is 85.4 Å². The van der Waals surface area contributed by atoms with E-state index < -0.39 is 0 Å². The quantitative estimate of drug-likeness (QED) is 0.652. The molecule has 2 aromatic carbocycles. The minimum atomic E-state index is 0.702. The second-order valence-corrected chi connectivity index (χ2v) is 5.00. The molecule has 3 aromatic rings. The van der Waals surface area contributed by atoms with Gasteiger partial charge in [0.15, 0.2) is 5.82 Å². The summed E-state index contributed by atoms with van der Waals surface area (Å²) < 4.78 is 2.10. The molecule has 0 N–H and O–H groups in total. The van der Waals surface area contributed by atoms with Crippen molar-refractivity contribution in [2.75, 3.05) is 0 Å². The maximum Gasteiger partial charge on any atom is 0.164 e. The van der Waals surface area contributed by atoms with E-state index in [1.54, 1.807) is 6.08 Å². The van der Waals surface area contributed by atoms with Crippen LogP contribution in [0.1, 0.15) is 11.4 Å². The third kappa shape index (κ3) is 2.37. The molecule has 0 fully saturated rings. The molecule has 1 heterocycles. The van der Waals surface area contributed by atoms with Gasteiger partial charge in [-0.15, -0.1) is 0 Å². The minimum Gasteiger partial charge on any atom is -0.291 e. The van der Waals surface area contributed by atoms with Crippen LogP contribution in [0.15, 0.2) is 79.0 Å². The van der Waals surface area contributed by atoms with Gasteiger partial charge in [-0.2, -0.15) is 0 Å². The molecule has 0 unspecified atom stereocenters. The summed E-state index contributed by atoms with van der Waals surface area (Å²) in [5.41, 5.74) is 4.93. The Morgan fingerprint density at radius 2 is 1.91 bits per heavy atom. The normalized spacial score (nSPS) is 11.6. The lowest BCUT2D eigenvalue weighted by molar-refractivity contribution is 1.06. The second kappa shape index (κ2) is 5.82. The Morgan fingerprint density at radius 3 is 2.59 bits per heavy atom. The number of fused-ring (bicyclic) bond motifs is 1. The molecule has 0 bridgehead atoms. The van der Waals surface area contributed by atoms with Crippen LogP contribution in [0.4, 0.5) is 0 Å². The van der Waals surface area contributed by atoms with E-state index in [0.717, 1.165) is 22.5 Å². The van der Waals surface area contributed by atoms with Crippen LogP contribution < -0.4 is 0 Å². The number of hydrogen-bond acceptors (Lipinski definition) is 2. The number of rotatable bonds is 4. The number of aryl methyl sites for hydroxylation is 1. The first-order valence-corrected chi connectivity index (χ1v) is 7.10. The molecule has 3 nitrogen and oxygen atoms in total. The molecule has 0 saturated carbocycles. The summed E-state index contributed by atoms with van der Waals surface area (Å²) in [5, 5.41) is 0. The topological polar surface area (TPSA) is 30.2 Å². The first-order chi connectivity index (χ1) is 10.7. The summed E-state index contributed by atoms with van der Waals surface area (Å²) in [6, 6.07) is 16.4. The Morgan fingerprint density at radius 1 is 1.14 bits per heavy atom. The summed E-state index contributed by atoms with van der Waals surface area (Å²) in [5.74, 6) is 0.765. The van der Waals surface area contributed by atoms with Gasteiger partial charge in [0.2, 0.25) is 0 Å². The number of para-hydroxylation sites is 1. The van der Waals surface area contributed by atoms with Crippen LogP contribution in [0.25, 0.3) is 16.7 Å². The summed E-state index contributed by atoms with van der Waals surface area (Å²) in [7, 11) is 0. The highest BCUT2D eigenvalue weighted by molar-refractivity contribution is 6.08. The molecule has 0 radical (unpaired) electrons. The molecule has 0 atom stereocenters. The smallest absolute Gasteiger partial charge is 0.164 e. The van der Waals surface area contributed by atoms with Crippen molar-refractivity contribution < 1.29 is 0 Å². The zero-order valence-electron chi connectivity index (χ0n) is 12.5. The fourth-order valence-electron chi connectivity index (χ4n) is 2.50. The number of aromatic nitrogens is 2. The first-order valence-electron chi connectivity index (χ1n) is 7.10. The number of benzene rings is 2. The molecule has 0 amide bonds. The zero-order valence-corrected chi connectivity index (χ0v) is 12.5. The van der Waals surface area contributed by atoms with Gasteiger partial charge in [0.05, 0.1) is 11.0 Å². The maximum absolute atomic E-state index is 4.73. The summed E-state index contributed by atoms with van der Waals surface area (Å²) in [6.07, 6.45) is 3.21. The number of hydrogen-bond donors (Lipinski definition) is 0. The summed E-state index contributed by atoms with van der Waals surface area (Å²) >= 11 is 0. The van der Waals surface area contributed by atoms with E-state index in [0.29, 0.717) is 5.71 Å². The van der Waals surface area contributed by atoms with E-state index in [1.807, 2.05) is 24.3 Å². The lowest BCUT2D eigenvalue weighted by atomic mass is 10.2. The molecule has 22 heavy (non-hydrogen) atoms. The lowest BCUT2D eigenvalue weighted by Crippen LogP contribution is -2.07. The van der Waals surface area contributed by atoms with Crippen molar-refractivity contribution in [1.82, 2.24) is 9.55 Å². The van der Waals surface area contributed by atoms with Gasteiger partial charge < -0.3 is 0 Å². The molecule has 3 heteroatoms. The number of aliphatic imine (C=N–C) groups is 1. The largest absolute Gasteiger partial charge is 0.291 e. The average Bonchev–Trinajstić information content (AvgIpc) is 2.91. The van der Waals surface area contributed by atoms with E-state index in [-0.39, 0.29) is 0 Å². The van der Waals surface area contributed by atoms with Crippen molar-refractivity contribution >= 4 is 16.7 Å². The SMILES string of the molecule is C=CN=C(C=C)c1nc2ccc(C)cc2n1-c1ccccc1. The zero-order chi connectivity index (χ0) is 15.5. The molecule has 0 saturated heterocycles. The predicted molar refractivity (Wildman–Crippen MR) is 92.7 cm³/mol. The number of nitrogens with zero attached hydrogens (tertiary/aromatic N) is 3. The molecule has 0 aliphatic rings. The van der Waals surface area contributed by atoms with Crippen LogP contribution in [0.3, 0.4) is 0 Å². The fraction of sp³-hybridized carbons (Fsp3) is 0.0526. The second-order valence-electron chi connectivity index (χ2n) is 5.00. The van der Waals surface area contributed by atoms with Crippen LogP contribution >= 0.6 is 0 Å². The fourth-order valence-corrected chi connectivity index (χ4v) is 2.50. The minimum absolute atomic E-state index is 0.702. The van der Waals surface area contributed by atoms with Crippen LogP contribution in [0, 0.1) is 6.92 Å². The first kappa shape index (κ1) is 14.0. The van der Waals surface area contributed by atoms with Gasteiger partial charge in [-0.3, -0.25) is 9.56 Å². The Balaban J connectivity index is 2.39. The van der Waals surface area contributed by atoms with Gasteiger partial charge in [-0.25, -0.2) is 4.98 Å². The van der Waals surface area contributed by atoms with Gasteiger partial charge in [-0.05, 0) is 42.8 Å². The monoisotopic (exact) mass is 287 g/mol. The van der Waals surface area contributed by atoms with E-state index in [4.69, 9.17) is 4.98 Å². The third-order valence-electron chi connectivity index (χ3n) is 3.48. The van der Waals surface area contributed by atoms with Crippen LogP contribution in [0.2, 0.25) is 0 Å². The van der Waals surface area contributed by atoms with Gasteiger partial charge >= 0.3 is 0 Å². The Labute approximate surface area is 130 Å². The van der Waals surface area contributed by atoms with E-state index in [9.17, 15) is 0 Å². The molecule has 3 rings (SSSR count). The number of allylic oxidation sites excluding steroid dienone is 1. The van der Waals surface area contributed by atoms with Gasteiger partial charge in [0.25, 0.3) is 0 Å². The molecular formula is C19H17N3. The van der Waals surface area contributed by atoms with Crippen LogP contribution in [-0.4, -0.2) is 15.3 Å². The van der Waals surface area contributed by atoms with Crippen molar-refractivity contribution in [3.63, 3.8) is 0 Å². The highest BCUT2D eigenvalue weighted by Crippen LogP contribution is 2.23. The standard InChI is InChI=1S/C19H17N3/c1-4-16(20-5-2)19-21-17-12-11-14(3)13-18(17)22(19)15-9-7-6-8-10-15/h4-13H,1-2H2,3H3. The van der Waals surface area contributed by atoms with Gasteiger partial charge in [-0.1, -0.05) is 37.4 Å². The van der Waals surface area contributed by atoms with Gasteiger partial charge in [0, 0.05) is 11.9 Å². The van der Waals surface area contributed by atoms with Crippen LogP contribution in [-0.2, 0) is 0 Å². The maximum atomic E-state index is 4.73. The molecule has 0 aliphatic carbocycles. The highest BCUT2D eigenvalue weighted by Gasteiger charge is 2.15. The lowest BCUT2D eigenvalue weighted by Gasteiger charge is -2.09. The van der Waals surface area contributed by atoms with E-state index >= 15 is 0 Å². The Kier molecular flexibility index (Phi) is 3.71. The molecule has 0 aliphatic heterocycles. The Bertz CT molecular complexity index is 870. The molecule has 1 aromatic heterocycles. The summed E-state index contributed by atoms with van der Waals surface area (Å²) in [4.78, 5) is 9.03. The average molecular weight is 287 g/mol. The van der Waals surface area contributed by atoms with Gasteiger partial charge in [0.1, 0.15) is 5.71 Å². The molecular weight excluding hydrogens is 270 g/mol. The van der Waals surface area contributed by atoms with E-state index in [2.05, 4.69) is 53.9 Å². The molecule has 0 spiro atoms. The summed E-state index contributed by atoms with van der Waals surface area (Å²) in [6.45, 7) is 9.60. The van der Waals surface area contributed by atoms with Crippen molar-refractivity contribution in [3.8, 4) is 5.69 Å². The van der Waals surface area contributed by atoms with Crippen LogP contribution in [0.5, 0.6) is 0 Å². The Hall–Kier alpha value is -2.94. The molecule has 108 valence electrons. The predicted octanol–water partition coefficient (Wildman–Crippen LogP) is 4.45. The third-order valence-corrected chi connectivity index (χ3v) is 3.48.